The first-order valence-electron chi connectivity index (χ1n) is 18.2. The number of rotatable bonds is 6. The van der Waals surface area contributed by atoms with Crippen molar-refractivity contribution in [2.45, 2.75) is 6.92 Å². The summed E-state index contributed by atoms with van der Waals surface area (Å²) in [5.74, 6) is 1.82. The SMILES string of the molecule is Cc1ccc(-c2cccc(-c3nc(-c4ccc5ccccc5c4)nc(-c4ccc5c(c4)oc4cccc(-c6cccc(-c7ccccc7)c6)c45)n3)c2)cc1. The smallest absolute Gasteiger partial charge is 0.164 e. The van der Waals surface area contributed by atoms with Gasteiger partial charge in [-0.25, -0.2) is 15.0 Å². The molecule has 0 unspecified atom stereocenters. The van der Waals surface area contributed by atoms with Crippen molar-refractivity contribution >= 4 is 32.7 Å². The Morgan fingerprint density at radius 2 is 0.889 bits per heavy atom. The van der Waals surface area contributed by atoms with E-state index >= 15 is 0 Å². The van der Waals surface area contributed by atoms with E-state index in [0.29, 0.717) is 17.5 Å². The number of hydrogen-bond acceptors (Lipinski definition) is 4. The Bertz CT molecular complexity index is 3000. The van der Waals surface area contributed by atoms with E-state index in [0.717, 1.165) is 66.3 Å². The third-order valence-electron chi connectivity index (χ3n) is 10.2. The first kappa shape index (κ1) is 31.6. The van der Waals surface area contributed by atoms with E-state index in [4.69, 9.17) is 19.4 Å². The highest BCUT2D eigenvalue weighted by molar-refractivity contribution is 6.13. The second-order valence-corrected chi connectivity index (χ2v) is 13.8. The van der Waals surface area contributed by atoms with Crippen molar-refractivity contribution in [2.75, 3.05) is 0 Å². The monoisotopic (exact) mass is 691 g/mol. The zero-order valence-corrected chi connectivity index (χ0v) is 29.6. The summed E-state index contributed by atoms with van der Waals surface area (Å²) in [5.41, 5.74) is 12.5. The number of aryl methyl sites for hydroxylation is 1. The third kappa shape index (κ3) is 5.80. The molecule has 0 aliphatic rings. The fourth-order valence-corrected chi connectivity index (χ4v) is 7.38. The first-order chi connectivity index (χ1) is 26.6. The van der Waals surface area contributed by atoms with Gasteiger partial charge in [0.25, 0.3) is 0 Å². The van der Waals surface area contributed by atoms with Crippen molar-refractivity contribution in [2.24, 2.45) is 0 Å². The standard InChI is InChI=1S/C50H33N3O/c1-32-20-22-35(23-21-32)38-15-8-17-40(29-38)48-51-49(41-25-24-34-12-5-6-13-36(34)30-41)53-50(52-48)42-26-27-44-46(31-42)54-45-19-9-18-43(47(44)45)39-16-7-14-37(28-39)33-10-3-2-4-11-33/h2-31H,1H3. The van der Waals surface area contributed by atoms with Crippen LogP contribution in [0.3, 0.4) is 0 Å². The van der Waals surface area contributed by atoms with Gasteiger partial charge in [-0.3, -0.25) is 0 Å². The lowest BCUT2D eigenvalue weighted by molar-refractivity contribution is 0.669. The molecule has 10 rings (SSSR count). The van der Waals surface area contributed by atoms with Crippen LogP contribution in [0.1, 0.15) is 5.56 Å². The van der Waals surface area contributed by atoms with E-state index in [2.05, 4.69) is 177 Å². The molecule has 0 amide bonds. The number of aromatic nitrogens is 3. The first-order valence-corrected chi connectivity index (χ1v) is 18.2. The molecule has 4 nitrogen and oxygen atoms in total. The predicted molar refractivity (Wildman–Crippen MR) is 222 cm³/mol. The maximum atomic E-state index is 6.57. The Labute approximate surface area is 313 Å². The zero-order valence-electron chi connectivity index (χ0n) is 29.6. The Kier molecular flexibility index (Phi) is 7.66. The number of hydrogen-bond donors (Lipinski definition) is 0. The van der Waals surface area contributed by atoms with E-state index in [1.54, 1.807) is 0 Å². The summed E-state index contributed by atoms with van der Waals surface area (Å²) in [7, 11) is 0. The van der Waals surface area contributed by atoms with Gasteiger partial charge in [0.15, 0.2) is 17.5 Å². The molecule has 0 N–H and O–H groups in total. The van der Waals surface area contributed by atoms with Crippen LogP contribution in [0.4, 0.5) is 0 Å². The Morgan fingerprint density at radius 3 is 1.65 bits per heavy atom. The van der Waals surface area contributed by atoms with Crippen molar-refractivity contribution < 1.29 is 4.42 Å². The predicted octanol–water partition coefficient (Wildman–Crippen LogP) is 13.2. The van der Waals surface area contributed by atoms with Gasteiger partial charge in [0.2, 0.25) is 0 Å². The molecule has 0 saturated carbocycles. The molecule has 0 radical (unpaired) electrons. The molecular weight excluding hydrogens is 659 g/mol. The average molecular weight is 692 g/mol. The van der Waals surface area contributed by atoms with Gasteiger partial charge in [0, 0.05) is 27.5 Å². The molecule has 4 heteroatoms. The van der Waals surface area contributed by atoms with E-state index in [1.807, 2.05) is 12.1 Å². The minimum Gasteiger partial charge on any atom is -0.456 e. The van der Waals surface area contributed by atoms with Crippen molar-refractivity contribution in [3.05, 3.63) is 188 Å². The van der Waals surface area contributed by atoms with Crippen LogP contribution < -0.4 is 0 Å². The van der Waals surface area contributed by atoms with Gasteiger partial charge in [0.05, 0.1) is 0 Å². The van der Waals surface area contributed by atoms with E-state index in [1.165, 1.54) is 22.1 Å². The molecule has 254 valence electrons. The lowest BCUT2D eigenvalue weighted by atomic mass is 9.96. The molecule has 10 aromatic rings. The molecule has 0 saturated heterocycles. The average Bonchev–Trinajstić information content (AvgIpc) is 3.62. The van der Waals surface area contributed by atoms with E-state index < -0.39 is 0 Å². The van der Waals surface area contributed by atoms with Gasteiger partial charge in [-0.15, -0.1) is 0 Å². The zero-order chi connectivity index (χ0) is 36.0. The van der Waals surface area contributed by atoms with Gasteiger partial charge in [-0.2, -0.15) is 0 Å². The molecule has 2 aromatic heterocycles. The summed E-state index contributed by atoms with van der Waals surface area (Å²) >= 11 is 0. The van der Waals surface area contributed by atoms with Gasteiger partial charge < -0.3 is 4.42 Å². The van der Waals surface area contributed by atoms with Crippen LogP contribution in [-0.4, -0.2) is 15.0 Å². The van der Waals surface area contributed by atoms with Crippen molar-refractivity contribution in [1.82, 2.24) is 15.0 Å². The fraction of sp³-hybridized carbons (Fsp3) is 0.0200. The van der Waals surface area contributed by atoms with E-state index in [9.17, 15) is 0 Å². The molecule has 8 aromatic carbocycles. The Hall–Kier alpha value is -7.17. The molecule has 0 aliphatic carbocycles. The highest BCUT2D eigenvalue weighted by Gasteiger charge is 2.17. The van der Waals surface area contributed by atoms with Gasteiger partial charge in [0.1, 0.15) is 11.2 Å². The van der Waals surface area contributed by atoms with Crippen LogP contribution in [0.15, 0.2) is 186 Å². The molecule has 0 spiro atoms. The van der Waals surface area contributed by atoms with Crippen LogP contribution >= 0.6 is 0 Å². The summed E-state index contributed by atoms with van der Waals surface area (Å²) < 4.78 is 6.57. The second kappa shape index (κ2) is 13.1. The molecule has 0 fully saturated rings. The normalized spacial score (nSPS) is 11.4. The molecule has 0 bridgehead atoms. The molecule has 54 heavy (non-hydrogen) atoms. The summed E-state index contributed by atoms with van der Waals surface area (Å²) in [4.78, 5) is 15.3. The maximum Gasteiger partial charge on any atom is 0.164 e. The molecule has 2 heterocycles. The topological polar surface area (TPSA) is 51.8 Å². The molecule has 0 atom stereocenters. The quantitative estimate of drug-likeness (QED) is 0.174. The molecular formula is C50H33N3O. The van der Waals surface area contributed by atoms with Crippen LogP contribution in [0.2, 0.25) is 0 Å². The number of nitrogens with zero attached hydrogens (tertiary/aromatic N) is 3. The minimum atomic E-state index is 0.585. The van der Waals surface area contributed by atoms with Gasteiger partial charge in [-0.1, -0.05) is 151 Å². The highest BCUT2D eigenvalue weighted by Crippen LogP contribution is 2.39. The van der Waals surface area contributed by atoms with Crippen LogP contribution in [-0.2, 0) is 0 Å². The van der Waals surface area contributed by atoms with Crippen molar-refractivity contribution in [3.8, 4) is 67.5 Å². The second-order valence-electron chi connectivity index (χ2n) is 13.8. The highest BCUT2D eigenvalue weighted by atomic mass is 16.3. The summed E-state index contributed by atoms with van der Waals surface area (Å²) in [6, 6.07) is 63.5. The van der Waals surface area contributed by atoms with Crippen LogP contribution in [0.25, 0.3) is 100 Å². The van der Waals surface area contributed by atoms with Gasteiger partial charge >= 0.3 is 0 Å². The lowest BCUT2D eigenvalue weighted by Crippen LogP contribution is -2.00. The molecule has 0 aliphatic heterocycles. The fourth-order valence-electron chi connectivity index (χ4n) is 7.38. The van der Waals surface area contributed by atoms with Crippen molar-refractivity contribution in [1.29, 1.82) is 0 Å². The number of fused-ring (bicyclic) bond motifs is 4. The lowest BCUT2D eigenvalue weighted by Gasteiger charge is -2.10. The Morgan fingerprint density at radius 1 is 0.352 bits per heavy atom. The number of benzene rings is 8. The van der Waals surface area contributed by atoms with Crippen LogP contribution in [0, 0.1) is 6.92 Å². The van der Waals surface area contributed by atoms with Crippen molar-refractivity contribution in [3.63, 3.8) is 0 Å². The maximum absolute atomic E-state index is 6.57. The number of furan rings is 1. The third-order valence-corrected chi connectivity index (χ3v) is 10.2. The largest absolute Gasteiger partial charge is 0.456 e. The summed E-state index contributed by atoms with van der Waals surface area (Å²) in [5, 5.41) is 4.44. The van der Waals surface area contributed by atoms with Gasteiger partial charge in [-0.05, 0) is 87.5 Å². The Balaban J connectivity index is 1.11. The summed E-state index contributed by atoms with van der Waals surface area (Å²) in [6.45, 7) is 2.10. The van der Waals surface area contributed by atoms with E-state index in [-0.39, 0.29) is 0 Å². The van der Waals surface area contributed by atoms with Crippen LogP contribution in [0.5, 0.6) is 0 Å². The summed E-state index contributed by atoms with van der Waals surface area (Å²) in [6.07, 6.45) is 0. The minimum absolute atomic E-state index is 0.585.